The van der Waals surface area contributed by atoms with Crippen molar-refractivity contribution < 1.29 is 19.0 Å². The normalized spacial score (nSPS) is 12.0. The van der Waals surface area contributed by atoms with Crippen molar-refractivity contribution in [3.8, 4) is 11.5 Å². The summed E-state index contributed by atoms with van der Waals surface area (Å²) in [7, 11) is 4.59. The summed E-state index contributed by atoms with van der Waals surface area (Å²) in [6, 6.07) is 12.8. The number of halogens is 1. The summed E-state index contributed by atoms with van der Waals surface area (Å²) >= 11 is 3.41. The highest BCUT2D eigenvalue weighted by molar-refractivity contribution is 9.10. The molecule has 132 valence electrons. The Morgan fingerprint density at radius 1 is 1.16 bits per heavy atom. The van der Waals surface area contributed by atoms with Gasteiger partial charge in [0, 0.05) is 7.11 Å². The molecule has 2 aromatic rings. The van der Waals surface area contributed by atoms with Gasteiger partial charge in [0.05, 0.1) is 24.9 Å². The van der Waals surface area contributed by atoms with E-state index in [1.165, 1.54) is 13.3 Å². The number of nitrogens with zero attached hydrogens (tertiary/aromatic N) is 1. The van der Waals surface area contributed by atoms with Crippen molar-refractivity contribution in [3.63, 3.8) is 0 Å². The molecule has 1 unspecified atom stereocenters. The van der Waals surface area contributed by atoms with E-state index in [1.54, 1.807) is 20.3 Å². The number of carbonyl (C=O) groups is 1. The molecule has 0 aromatic heterocycles. The molecule has 25 heavy (non-hydrogen) atoms. The smallest absolute Gasteiger partial charge is 0.273 e. The van der Waals surface area contributed by atoms with Gasteiger partial charge in [-0.05, 0) is 39.2 Å². The Labute approximate surface area is 154 Å². The van der Waals surface area contributed by atoms with Gasteiger partial charge in [-0.25, -0.2) is 5.43 Å². The number of hydrazone groups is 1. The van der Waals surface area contributed by atoms with Gasteiger partial charge in [-0.15, -0.1) is 0 Å². The van der Waals surface area contributed by atoms with Crippen LogP contribution >= 0.6 is 15.9 Å². The minimum Gasteiger partial charge on any atom is -0.493 e. The summed E-state index contributed by atoms with van der Waals surface area (Å²) in [4.78, 5) is 12.3. The maximum atomic E-state index is 12.3. The first-order valence-electron chi connectivity index (χ1n) is 7.43. The molecule has 0 spiro atoms. The van der Waals surface area contributed by atoms with E-state index in [0.717, 1.165) is 15.6 Å². The fourth-order valence-corrected chi connectivity index (χ4v) is 2.89. The quantitative estimate of drug-likeness (QED) is 0.565. The lowest BCUT2D eigenvalue weighted by atomic mass is 10.1. The number of hydrogen-bond donors (Lipinski definition) is 1. The highest BCUT2D eigenvalue weighted by Crippen LogP contribution is 2.35. The van der Waals surface area contributed by atoms with Crippen LogP contribution in [0.15, 0.2) is 52.0 Å². The van der Waals surface area contributed by atoms with Crippen LogP contribution in [0.4, 0.5) is 0 Å². The summed E-state index contributed by atoms with van der Waals surface area (Å²) in [6.45, 7) is 0. The predicted molar refractivity (Wildman–Crippen MR) is 99.2 cm³/mol. The lowest BCUT2D eigenvalue weighted by Gasteiger charge is -2.13. The fourth-order valence-electron chi connectivity index (χ4n) is 2.26. The monoisotopic (exact) mass is 406 g/mol. The third-order valence-electron chi connectivity index (χ3n) is 3.42. The van der Waals surface area contributed by atoms with Gasteiger partial charge in [-0.3, -0.25) is 4.79 Å². The number of benzene rings is 2. The molecule has 0 fully saturated rings. The van der Waals surface area contributed by atoms with Gasteiger partial charge in [0.15, 0.2) is 17.6 Å². The molecular formula is C18H19BrN2O4. The molecule has 7 heteroatoms. The van der Waals surface area contributed by atoms with Crippen molar-refractivity contribution in [3.05, 3.63) is 58.1 Å². The molecule has 1 atom stereocenters. The first kappa shape index (κ1) is 19.0. The Balaban J connectivity index is 2.10. The lowest BCUT2D eigenvalue weighted by Crippen LogP contribution is -2.26. The van der Waals surface area contributed by atoms with Crippen LogP contribution in [0.25, 0.3) is 0 Å². The number of carbonyl (C=O) groups excluding carboxylic acids is 1. The van der Waals surface area contributed by atoms with Gasteiger partial charge < -0.3 is 14.2 Å². The average Bonchev–Trinajstić information content (AvgIpc) is 2.62. The summed E-state index contributed by atoms with van der Waals surface area (Å²) in [5.74, 6) is 0.792. The third-order valence-corrected chi connectivity index (χ3v) is 4.01. The van der Waals surface area contributed by atoms with Crippen molar-refractivity contribution in [2.75, 3.05) is 21.3 Å². The standard InChI is InChI=1S/C18H19BrN2O4/c1-23-15-10-12(9-14(19)17(15)25-3)11-20-21-18(22)16(24-2)13-7-5-4-6-8-13/h4-11,16H,1-3H3,(H,21,22)/b20-11+. The zero-order chi connectivity index (χ0) is 18.2. The SMILES string of the molecule is COc1cc(/C=N/NC(=O)C(OC)c2ccccc2)cc(Br)c1OC. The number of ether oxygens (including phenoxy) is 3. The predicted octanol–water partition coefficient (Wildman–Crippen LogP) is 3.30. The summed E-state index contributed by atoms with van der Waals surface area (Å²) in [5, 5.41) is 3.99. The molecule has 1 N–H and O–H groups in total. The van der Waals surface area contributed by atoms with Crippen LogP contribution in [0.3, 0.4) is 0 Å². The molecule has 1 amide bonds. The van der Waals surface area contributed by atoms with Crippen LogP contribution in [-0.2, 0) is 9.53 Å². The van der Waals surface area contributed by atoms with Crippen molar-refractivity contribution >= 4 is 28.1 Å². The van der Waals surface area contributed by atoms with Crippen LogP contribution in [0.5, 0.6) is 11.5 Å². The first-order valence-corrected chi connectivity index (χ1v) is 8.22. The number of rotatable bonds is 7. The van der Waals surface area contributed by atoms with Gasteiger partial charge in [0.25, 0.3) is 5.91 Å². The van der Waals surface area contributed by atoms with E-state index in [2.05, 4.69) is 26.5 Å². The largest absolute Gasteiger partial charge is 0.493 e. The molecule has 0 aliphatic heterocycles. The van der Waals surface area contributed by atoms with E-state index >= 15 is 0 Å². The maximum Gasteiger partial charge on any atom is 0.273 e. The first-order chi connectivity index (χ1) is 12.1. The van der Waals surface area contributed by atoms with Crippen LogP contribution in [0.1, 0.15) is 17.2 Å². The molecule has 0 heterocycles. The van der Waals surface area contributed by atoms with Gasteiger partial charge in [-0.2, -0.15) is 5.10 Å². The topological polar surface area (TPSA) is 69.2 Å². The molecule has 0 radical (unpaired) electrons. The Bertz CT molecular complexity index is 750. The van der Waals surface area contributed by atoms with Crippen LogP contribution in [0, 0.1) is 0 Å². The Morgan fingerprint density at radius 3 is 2.48 bits per heavy atom. The number of hydrogen-bond acceptors (Lipinski definition) is 5. The van der Waals surface area contributed by atoms with Crippen molar-refractivity contribution in [1.29, 1.82) is 0 Å². The van der Waals surface area contributed by atoms with E-state index in [-0.39, 0.29) is 5.91 Å². The van der Waals surface area contributed by atoms with Gasteiger partial charge in [0.1, 0.15) is 0 Å². The Morgan fingerprint density at radius 2 is 1.88 bits per heavy atom. The van der Waals surface area contributed by atoms with Gasteiger partial charge >= 0.3 is 0 Å². The zero-order valence-electron chi connectivity index (χ0n) is 14.2. The second-order valence-corrected chi connectivity index (χ2v) is 5.85. The molecule has 6 nitrogen and oxygen atoms in total. The minimum atomic E-state index is -0.726. The Hall–Kier alpha value is -2.38. The highest BCUT2D eigenvalue weighted by atomic mass is 79.9. The molecule has 2 rings (SSSR count). The zero-order valence-corrected chi connectivity index (χ0v) is 15.7. The summed E-state index contributed by atoms with van der Waals surface area (Å²) in [5.41, 5.74) is 3.98. The molecule has 0 saturated carbocycles. The molecule has 0 saturated heterocycles. The third kappa shape index (κ3) is 4.80. The molecule has 0 aliphatic carbocycles. The van der Waals surface area contributed by atoms with E-state index in [9.17, 15) is 4.79 Å². The molecule has 2 aromatic carbocycles. The summed E-state index contributed by atoms with van der Waals surface area (Å²) < 4.78 is 16.5. The van der Waals surface area contributed by atoms with E-state index < -0.39 is 6.10 Å². The minimum absolute atomic E-state index is 0.357. The van der Waals surface area contributed by atoms with Crippen LogP contribution < -0.4 is 14.9 Å². The average molecular weight is 407 g/mol. The fraction of sp³-hybridized carbons (Fsp3) is 0.222. The number of amides is 1. The van der Waals surface area contributed by atoms with Crippen molar-refractivity contribution in [1.82, 2.24) is 5.43 Å². The summed E-state index contributed by atoms with van der Waals surface area (Å²) in [6.07, 6.45) is 0.790. The van der Waals surface area contributed by atoms with Gasteiger partial charge in [-0.1, -0.05) is 30.3 Å². The Kier molecular flexibility index (Phi) is 6.97. The molecule has 0 aliphatic rings. The maximum absolute atomic E-state index is 12.3. The highest BCUT2D eigenvalue weighted by Gasteiger charge is 2.19. The molecule has 0 bridgehead atoms. The van der Waals surface area contributed by atoms with E-state index in [4.69, 9.17) is 14.2 Å². The second kappa shape index (κ2) is 9.19. The van der Waals surface area contributed by atoms with Crippen LogP contribution in [0.2, 0.25) is 0 Å². The van der Waals surface area contributed by atoms with E-state index in [1.807, 2.05) is 36.4 Å². The lowest BCUT2D eigenvalue weighted by molar-refractivity contribution is -0.131. The van der Waals surface area contributed by atoms with E-state index in [0.29, 0.717) is 11.5 Å². The van der Waals surface area contributed by atoms with Crippen LogP contribution in [-0.4, -0.2) is 33.5 Å². The second-order valence-electron chi connectivity index (χ2n) is 5.00. The molecular weight excluding hydrogens is 388 g/mol. The van der Waals surface area contributed by atoms with Gasteiger partial charge in [0.2, 0.25) is 0 Å². The number of methoxy groups -OCH3 is 3. The van der Waals surface area contributed by atoms with Crippen molar-refractivity contribution in [2.24, 2.45) is 5.10 Å². The van der Waals surface area contributed by atoms with Crippen molar-refractivity contribution in [2.45, 2.75) is 6.10 Å². The number of nitrogens with one attached hydrogen (secondary N) is 1.